The molecule has 1 heterocycles. The summed E-state index contributed by atoms with van der Waals surface area (Å²) >= 11 is 0. The maximum Gasteiger partial charge on any atom is 0.306 e. The molecular weight excluding hydrogens is 264 g/mol. The van der Waals surface area contributed by atoms with Crippen LogP contribution in [0.1, 0.15) is 44.9 Å². The number of ether oxygens (including phenoxy) is 1. The third-order valence-corrected chi connectivity index (χ3v) is 4.98. The highest BCUT2D eigenvalue weighted by molar-refractivity contribution is 8.13. The first kappa shape index (κ1) is 13.1. The molecule has 2 fully saturated rings. The van der Waals surface area contributed by atoms with E-state index in [0.717, 1.165) is 38.5 Å². The molecule has 2 rings (SSSR count). The van der Waals surface area contributed by atoms with Crippen LogP contribution in [0.4, 0.5) is 0 Å². The van der Waals surface area contributed by atoms with Gasteiger partial charge >= 0.3 is 5.97 Å². The summed E-state index contributed by atoms with van der Waals surface area (Å²) in [7, 11) is 1.66. The van der Waals surface area contributed by atoms with Crippen LogP contribution in [0.5, 0.6) is 0 Å². The van der Waals surface area contributed by atoms with Gasteiger partial charge in [-0.2, -0.15) is 0 Å². The van der Waals surface area contributed by atoms with Crippen molar-refractivity contribution < 1.29 is 17.9 Å². The molecule has 0 aromatic rings. The number of carbonyl (C=O) groups is 1. The molecule has 1 unspecified atom stereocenters. The summed E-state index contributed by atoms with van der Waals surface area (Å²) in [5, 5.41) is 0. The summed E-state index contributed by atoms with van der Waals surface area (Å²) in [6.45, 7) is 0. The van der Waals surface area contributed by atoms with Crippen molar-refractivity contribution in [1.82, 2.24) is 0 Å². The van der Waals surface area contributed by atoms with Gasteiger partial charge in [0.15, 0.2) is 0 Å². The summed E-state index contributed by atoms with van der Waals surface area (Å²) in [5.41, 5.74) is -0.282. The number of cyclic esters (lactones) is 1. The number of hydrogen-bond acceptors (Lipinski definition) is 4. The molecule has 6 heteroatoms. The quantitative estimate of drug-likeness (QED) is 0.575. The SMILES string of the molecule is O=C1CC2(CCCCCC2)C(CS(=O)(=O)Cl)O1. The molecule has 0 N–H and O–H groups in total. The van der Waals surface area contributed by atoms with E-state index in [1.165, 1.54) is 0 Å². The average Bonchev–Trinajstić information content (AvgIpc) is 2.37. The minimum absolute atomic E-state index is 0.250. The smallest absolute Gasteiger partial charge is 0.306 e. The second-order valence-electron chi connectivity index (χ2n) is 5.14. The first-order valence-electron chi connectivity index (χ1n) is 6.03. The van der Waals surface area contributed by atoms with Gasteiger partial charge in [-0.25, -0.2) is 8.42 Å². The van der Waals surface area contributed by atoms with Crippen LogP contribution in [0.3, 0.4) is 0 Å². The topological polar surface area (TPSA) is 60.4 Å². The van der Waals surface area contributed by atoms with Crippen molar-refractivity contribution in [1.29, 1.82) is 0 Å². The van der Waals surface area contributed by atoms with E-state index in [1.54, 1.807) is 0 Å². The Hall–Kier alpha value is -0.290. The summed E-state index contributed by atoms with van der Waals surface area (Å²) in [6.07, 6.45) is 5.92. The van der Waals surface area contributed by atoms with E-state index >= 15 is 0 Å². The van der Waals surface area contributed by atoms with Gasteiger partial charge in [0.2, 0.25) is 9.05 Å². The standard InChI is InChI=1S/C11H17ClO4S/c12-17(14,15)8-9-11(7-10(13)16-9)5-3-1-2-4-6-11/h9H,1-8H2. The predicted octanol–water partition coefficient (Wildman–Crippen LogP) is 2.21. The van der Waals surface area contributed by atoms with Crippen molar-refractivity contribution in [2.24, 2.45) is 5.41 Å². The molecule has 0 aromatic heterocycles. The fourth-order valence-electron chi connectivity index (χ4n) is 3.05. The maximum absolute atomic E-state index is 11.5. The van der Waals surface area contributed by atoms with Gasteiger partial charge in [-0.3, -0.25) is 4.79 Å². The van der Waals surface area contributed by atoms with Gasteiger partial charge in [0, 0.05) is 16.1 Å². The first-order valence-corrected chi connectivity index (χ1v) is 8.51. The van der Waals surface area contributed by atoms with Crippen molar-refractivity contribution >= 4 is 25.7 Å². The zero-order valence-electron chi connectivity index (χ0n) is 9.65. The molecule has 1 aliphatic carbocycles. The summed E-state index contributed by atoms with van der Waals surface area (Å²) in [4.78, 5) is 11.5. The van der Waals surface area contributed by atoms with Crippen LogP contribution in [-0.2, 0) is 18.6 Å². The van der Waals surface area contributed by atoms with Gasteiger partial charge in [0.05, 0.1) is 6.42 Å². The number of esters is 1. The lowest BCUT2D eigenvalue weighted by atomic mass is 9.75. The zero-order valence-corrected chi connectivity index (χ0v) is 11.2. The Morgan fingerprint density at radius 1 is 1.24 bits per heavy atom. The van der Waals surface area contributed by atoms with E-state index in [-0.39, 0.29) is 17.1 Å². The van der Waals surface area contributed by atoms with Crippen LogP contribution < -0.4 is 0 Å². The van der Waals surface area contributed by atoms with Gasteiger partial charge in [-0.05, 0) is 12.8 Å². The number of halogens is 1. The molecule has 1 aliphatic heterocycles. The second-order valence-corrected chi connectivity index (χ2v) is 7.96. The molecule has 17 heavy (non-hydrogen) atoms. The van der Waals surface area contributed by atoms with Crippen LogP contribution in [0.2, 0.25) is 0 Å². The van der Waals surface area contributed by atoms with Crippen LogP contribution >= 0.6 is 10.7 Å². The second kappa shape index (κ2) is 4.76. The van der Waals surface area contributed by atoms with E-state index in [2.05, 4.69) is 0 Å². The lowest BCUT2D eigenvalue weighted by molar-refractivity contribution is -0.141. The Balaban J connectivity index is 2.19. The van der Waals surface area contributed by atoms with Crippen LogP contribution in [0, 0.1) is 5.41 Å². The maximum atomic E-state index is 11.5. The van der Waals surface area contributed by atoms with Crippen LogP contribution in [0.25, 0.3) is 0 Å². The van der Waals surface area contributed by atoms with Crippen LogP contribution in [-0.4, -0.2) is 26.2 Å². The summed E-state index contributed by atoms with van der Waals surface area (Å²) < 4.78 is 27.5. The molecule has 1 atom stereocenters. The Labute approximate surface area is 106 Å². The molecule has 0 aromatic carbocycles. The monoisotopic (exact) mass is 280 g/mol. The highest BCUT2D eigenvalue weighted by atomic mass is 35.7. The predicted molar refractivity (Wildman–Crippen MR) is 64.3 cm³/mol. The molecule has 1 spiro atoms. The Bertz CT molecular complexity index is 396. The minimum Gasteiger partial charge on any atom is -0.461 e. The fraction of sp³-hybridized carbons (Fsp3) is 0.909. The van der Waals surface area contributed by atoms with Crippen molar-refractivity contribution in [3.8, 4) is 0 Å². The van der Waals surface area contributed by atoms with E-state index in [0.29, 0.717) is 6.42 Å². The molecule has 98 valence electrons. The van der Waals surface area contributed by atoms with Crippen molar-refractivity contribution in [3.63, 3.8) is 0 Å². The minimum atomic E-state index is -3.62. The van der Waals surface area contributed by atoms with Crippen molar-refractivity contribution in [2.75, 3.05) is 5.75 Å². The Kier molecular flexibility index (Phi) is 3.69. The molecule has 0 amide bonds. The van der Waals surface area contributed by atoms with Gasteiger partial charge in [0.25, 0.3) is 0 Å². The lowest BCUT2D eigenvalue weighted by Gasteiger charge is -2.30. The number of hydrogen-bond donors (Lipinski definition) is 0. The van der Waals surface area contributed by atoms with Gasteiger partial charge in [-0.15, -0.1) is 0 Å². The van der Waals surface area contributed by atoms with Gasteiger partial charge < -0.3 is 4.74 Å². The van der Waals surface area contributed by atoms with E-state index in [9.17, 15) is 13.2 Å². The molecule has 1 saturated carbocycles. The lowest BCUT2D eigenvalue weighted by Crippen LogP contribution is -2.35. The van der Waals surface area contributed by atoms with Crippen LogP contribution in [0.15, 0.2) is 0 Å². The molecule has 0 radical (unpaired) electrons. The highest BCUT2D eigenvalue weighted by Gasteiger charge is 2.49. The van der Waals surface area contributed by atoms with E-state index < -0.39 is 15.2 Å². The highest BCUT2D eigenvalue weighted by Crippen LogP contribution is 2.47. The third kappa shape index (κ3) is 3.13. The largest absolute Gasteiger partial charge is 0.461 e. The molecule has 2 aliphatic rings. The number of carbonyl (C=O) groups excluding carboxylic acids is 1. The summed E-state index contributed by atoms with van der Waals surface area (Å²) in [5.74, 6) is -0.530. The number of rotatable bonds is 2. The van der Waals surface area contributed by atoms with Crippen molar-refractivity contribution in [2.45, 2.75) is 51.0 Å². The third-order valence-electron chi connectivity index (χ3n) is 3.90. The van der Waals surface area contributed by atoms with Gasteiger partial charge in [0.1, 0.15) is 11.9 Å². The van der Waals surface area contributed by atoms with Crippen molar-refractivity contribution in [3.05, 3.63) is 0 Å². The molecular formula is C11H17ClO4S. The Morgan fingerprint density at radius 3 is 2.35 bits per heavy atom. The van der Waals surface area contributed by atoms with Gasteiger partial charge in [-0.1, -0.05) is 25.7 Å². The normalized spacial score (nSPS) is 29.0. The summed E-state index contributed by atoms with van der Waals surface area (Å²) in [6, 6.07) is 0. The average molecular weight is 281 g/mol. The molecule has 4 nitrogen and oxygen atoms in total. The fourth-order valence-corrected chi connectivity index (χ4v) is 4.18. The zero-order chi connectivity index (χ0) is 12.5. The van der Waals surface area contributed by atoms with E-state index in [1.807, 2.05) is 0 Å². The first-order chi connectivity index (χ1) is 7.91. The molecule has 1 saturated heterocycles. The molecule has 0 bridgehead atoms. The van der Waals surface area contributed by atoms with E-state index in [4.69, 9.17) is 15.4 Å². The Morgan fingerprint density at radius 2 is 1.82 bits per heavy atom.